The van der Waals surface area contributed by atoms with Gasteiger partial charge < -0.3 is 10.2 Å². The number of rotatable bonds is 7. The zero-order valence-electron chi connectivity index (χ0n) is 15.5. The van der Waals surface area contributed by atoms with Gasteiger partial charge in [-0.3, -0.25) is 9.59 Å². The highest BCUT2D eigenvalue weighted by Crippen LogP contribution is 2.25. The molecule has 0 saturated heterocycles. The van der Waals surface area contributed by atoms with Gasteiger partial charge in [-0.25, -0.2) is 4.98 Å². The molecule has 0 unspecified atom stereocenters. The van der Waals surface area contributed by atoms with Crippen molar-refractivity contribution in [3.05, 3.63) is 41.4 Å². The van der Waals surface area contributed by atoms with E-state index in [1.807, 2.05) is 42.6 Å². The van der Waals surface area contributed by atoms with Gasteiger partial charge in [-0.1, -0.05) is 37.5 Å². The van der Waals surface area contributed by atoms with Gasteiger partial charge in [0.1, 0.15) is 6.54 Å². The molecule has 2 aromatic rings. The van der Waals surface area contributed by atoms with Crippen LogP contribution in [0.5, 0.6) is 0 Å². The molecule has 5 nitrogen and oxygen atoms in total. The van der Waals surface area contributed by atoms with E-state index in [4.69, 9.17) is 0 Å². The molecule has 1 heterocycles. The van der Waals surface area contributed by atoms with E-state index in [2.05, 4.69) is 10.3 Å². The Bertz CT molecular complexity index is 758. The highest BCUT2D eigenvalue weighted by Gasteiger charge is 2.27. The number of hydrogen-bond donors (Lipinski definition) is 1. The fourth-order valence-corrected chi connectivity index (χ4v) is 4.79. The Labute approximate surface area is 168 Å². The van der Waals surface area contributed by atoms with Crippen molar-refractivity contribution in [3.63, 3.8) is 0 Å². The molecule has 3 rings (SSSR count). The quantitative estimate of drug-likeness (QED) is 0.699. The number of carbonyl (C=O) groups is 2. The summed E-state index contributed by atoms with van der Waals surface area (Å²) in [7, 11) is 0. The maximum absolute atomic E-state index is 12.9. The number of nitrogens with one attached hydrogen (secondary N) is 1. The van der Waals surface area contributed by atoms with Gasteiger partial charge in [0.2, 0.25) is 11.8 Å². The minimum Gasteiger partial charge on any atom is -0.330 e. The standard InChI is InChI=1S/C20H25N3O2S2/c1-15-13-27-20(21-15)22-18(24)12-23(16-8-4-2-5-9-16)19(25)14-26-17-10-6-3-7-11-17/h3,6-7,10-11,13,16H,2,4-5,8-9,12,14H2,1H3,(H,21,22,24). The summed E-state index contributed by atoms with van der Waals surface area (Å²) in [6.45, 7) is 1.99. The predicted molar refractivity (Wildman–Crippen MR) is 111 cm³/mol. The summed E-state index contributed by atoms with van der Waals surface area (Å²) in [5.41, 5.74) is 0.884. The molecule has 144 valence electrons. The summed E-state index contributed by atoms with van der Waals surface area (Å²) in [6.07, 6.45) is 5.40. The molecule has 0 bridgehead atoms. The van der Waals surface area contributed by atoms with E-state index in [0.717, 1.165) is 36.3 Å². The van der Waals surface area contributed by atoms with Gasteiger partial charge in [0.05, 0.1) is 11.4 Å². The second kappa shape index (κ2) is 9.90. The lowest BCUT2D eigenvalue weighted by molar-refractivity contribution is -0.135. The largest absolute Gasteiger partial charge is 0.330 e. The van der Waals surface area contributed by atoms with Crippen LogP contribution in [-0.2, 0) is 9.59 Å². The molecule has 1 aliphatic rings. The second-order valence-corrected chi connectivity index (χ2v) is 8.66. The number of hydrogen-bond acceptors (Lipinski definition) is 5. The van der Waals surface area contributed by atoms with Crippen LogP contribution in [0.3, 0.4) is 0 Å². The van der Waals surface area contributed by atoms with Crippen LogP contribution >= 0.6 is 23.1 Å². The molecule has 27 heavy (non-hydrogen) atoms. The molecule has 0 aliphatic heterocycles. The summed E-state index contributed by atoms with van der Waals surface area (Å²) < 4.78 is 0. The third-order valence-corrected chi connectivity index (χ3v) is 6.49. The molecular weight excluding hydrogens is 378 g/mol. The van der Waals surface area contributed by atoms with Gasteiger partial charge in [-0.05, 0) is 31.9 Å². The van der Waals surface area contributed by atoms with E-state index in [0.29, 0.717) is 10.9 Å². The second-order valence-electron chi connectivity index (χ2n) is 6.76. The normalized spacial score (nSPS) is 14.7. The maximum atomic E-state index is 12.9. The van der Waals surface area contributed by atoms with Gasteiger partial charge in [0, 0.05) is 16.3 Å². The van der Waals surface area contributed by atoms with Crippen LogP contribution in [0.15, 0.2) is 40.6 Å². The number of benzene rings is 1. The summed E-state index contributed by atoms with van der Waals surface area (Å²) >= 11 is 2.93. The smallest absolute Gasteiger partial charge is 0.245 e. The third kappa shape index (κ3) is 6.07. The average molecular weight is 404 g/mol. The molecule has 7 heteroatoms. The van der Waals surface area contributed by atoms with E-state index in [9.17, 15) is 9.59 Å². The summed E-state index contributed by atoms with van der Waals surface area (Å²) in [5, 5.41) is 5.32. The first-order valence-corrected chi connectivity index (χ1v) is 11.2. The van der Waals surface area contributed by atoms with E-state index in [1.54, 1.807) is 4.90 Å². The molecule has 1 N–H and O–H groups in total. The van der Waals surface area contributed by atoms with Crippen molar-refractivity contribution in [2.45, 2.75) is 50.0 Å². The Kier molecular flexibility index (Phi) is 7.29. The van der Waals surface area contributed by atoms with E-state index in [1.165, 1.54) is 29.5 Å². The topological polar surface area (TPSA) is 62.3 Å². The first kappa shape index (κ1) is 19.9. The van der Waals surface area contributed by atoms with Crippen LogP contribution in [0.25, 0.3) is 0 Å². The van der Waals surface area contributed by atoms with Crippen LogP contribution in [0.1, 0.15) is 37.8 Å². The molecule has 1 aromatic heterocycles. The first-order chi connectivity index (χ1) is 13.1. The highest BCUT2D eigenvalue weighted by molar-refractivity contribution is 8.00. The molecule has 1 saturated carbocycles. The summed E-state index contributed by atoms with van der Waals surface area (Å²) in [5.74, 6) is 0.207. The number of anilines is 1. The van der Waals surface area contributed by atoms with Crippen molar-refractivity contribution in [1.82, 2.24) is 9.88 Å². The zero-order chi connectivity index (χ0) is 19.1. The molecule has 0 radical (unpaired) electrons. The van der Waals surface area contributed by atoms with Crippen molar-refractivity contribution >= 4 is 40.0 Å². The van der Waals surface area contributed by atoms with Gasteiger partial charge in [0.15, 0.2) is 5.13 Å². The Morgan fingerprint density at radius 3 is 2.63 bits per heavy atom. The molecule has 0 atom stereocenters. The van der Waals surface area contributed by atoms with Crippen molar-refractivity contribution < 1.29 is 9.59 Å². The van der Waals surface area contributed by atoms with Crippen molar-refractivity contribution in [2.75, 3.05) is 17.6 Å². The Balaban J connectivity index is 1.62. The lowest BCUT2D eigenvalue weighted by Gasteiger charge is -2.34. The van der Waals surface area contributed by atoms with Crippen LogP contribution in [0.4, 0.5) is 5.13 Å². The first-order valence-electron chi connectivity index (χ1n) is 9.31. The number of thiazole rings is 1. The SMILES string of the molecule is Cc1csc(NC(=O)CN(C(=O)CSc2ccccc2)C2CCCCC2)n1. The molecule has 1 fully saturated rings. The van der Waals surface area contributed by atoms with Crippen molar-refractivity contribution in [1.29, 1.82) is 0 Å². The minimum absolute atomic E-state index is 0.0289. The fraction of sp³-hybridized carbons (Fsp3) is 0.450. The van der Waals surface area contributed by atoms with Gasteiger partial charge in [-0.15, -0.1) is 23.1 Å². The van der Waals surface area contributed by atoms with E-state index >= 15 is 0 Å². The van der Waals surface area contributed by atoms with E-state index < -0.39 is 0 Å². The van der Waals surface area contributed by atoms with Gasteiger partial charge in [0.25, 0.3) is 0 Å². The van der Waals surface area contributed by atoms with Gasteiger partial charge in [-0.2, -0.15) is 0 Å². The lowest BCUT2D eigenvalue weighted by atomic mass is 9.94. The zero-order valence-corrected chi connectivity index (χ0v) is 17.2. The molecular formula is C20H25N3O2S2. The molecule has 1 aliphatic carbocycles. The molecule has 0 spiro atoms. The lowest BCUT2D eigenvalue weighted by Crippen LogP contribution is -2.46. The van der Waals surface area contributed by atoms with Crippen molar-refractivity contribution in [3.8, 4) is 0 Å². The summed E-state index contributed by atoms with van der Waals surface area (Å²) in [6, 6.07) is 10.1. The average Bonchev–Trinajstić information content (AvgIpc) is 3.10. The number of nitrogens with zero attached hydrogens (tertiary/aromatic N) is 2. The molecule has 1 aromatic carbocycles. The Morgan fingerprint density at radius 1 is 1.22 bits per heavy atom. The summed E-state index contributed by atoms with van der Waals surface area (Å²) in [4.78, 5) is 32.5. The number of carbonyl (C=O) groups excluding carboxylic acids is 2. The van der Waals surface area contributed by atoms with Gasteiger partial charge >= 0.3 is 0 Å². The van der Waals surface area contributed by atoms with Crippen LogP contribution < -0.4 is 5.32 Å². The van der Waals surface area contributed by atoms with Crippen molar-refractivity contribution in [2.24, 2.45) is 0 Å². The van der Waals surface area contributed by atoms with Crippen LogP contribution in [0.2, 0.25) is 0 Å². The van der Waals surface area contributed by atoms with Crippen LogP contribution in [-0.4, -0.2) is 40.0 Å². The third-order valence-electron chi connectivity index (χ3n) is 4.62. The minimum atomic E-state index is -0.173. The number of amides is 2. The predicted octanol–water partition coefficient (Wildman–Crippen LogP) is 4.34. The van der Waals surface area contributed by atoms with E-state index in [-0.39, 0.29) is 24.4 Å². The Morgan fingerprint density at radius 2 is 1.96 bits per heavy atom. The molecule has 2 amide bonds. The maximum Gasteiger partial charge on any atom is 0.245 e. The Hall–Kier alpha value is -1.86. The number of aromatic nitrogens is 1. The highest BCUT2D eigenvalue weighted by atomic mass is 32.2. The number of aryl methyl sites for hydroxylation is 1. The number of thioether (sulfide) groups is 1. The fourth-order valence-electron chi connectivity index (χ4n) is 3.28. The van der Waals surface area contributed by atoms with Crippen LogP contribution in [0, 0.1) is 6.92 Å². The monoisotopic (exact) mass is 403 g/mol.